The van der Waals surface area contributed by atoms with Gasteiger partial charge in [-0.05, 0) is 44.9 Å². The van der Waals surface area contributed by atoms with Crippen LogP contribution < -0.4 is 5.73 Å². The second-order valence-electron chi connectivity index (χ2n) is 5.10. The summed E-state index contributed by atoms with van der Waals surface area (Å²) in [6.07, 6.45) is 3.65. The zero-order chi connectivity index (χ0) is 13.5. The van der Waals surface area contributed by atoms with Crippen molar-refractivity contribution in [2.75, 3.05) is 6.54 Å². The van der Waals surface area contributed by atoms with Crippen LogP contribution in [-0.4, -0.2) is 17.5 Å². The van der Waals surface area contributed by atoms with Gasteiger partial charge in [-0.2, -0.15) is 0 Å². The Morgan fingerprint density at radius 2 is 2.11 bits per heavy atom. The van der Waals surface area contributed by atoms with Crippen molar-refractivity contribution in [2.45, 2.75) is 66.1 Å². The fourth-order valence-electron chi connectivity index (χ4n) is 2.15. The van der Waals surface area contributed by atoms with E-state index in [2.05, 4.69) is 38.7 Å². The van der Waals surface area contributed by atoms with Gasteiger partial charge in [0.15, 0.2) is 0 Å². The Balaban J connectivity index is 2.68. The molecule has 0 aromatic carbocycles. The Bertz CT molecular complexity index is 346. The number of hydrogen-bond acceptors (Lipinski definition) is 3. The molecule has 0 saturated carbocycles. The molecule has 18 heavy (non-hydrogen) atoms. The summed E-state index contributed by atoms with van der Waals surface area (Å²) in [5, 5.41) is 0. The summed E-state index contributed by atoms with van der Waals surface area (Å²) in [7, 11) is 0. The average molecular weight is 252 g/mol. The van der Waals surface area contributed by atoms with Gasteiger partial charge < -0.3 is 10.2 Å². The summed E-state index contributed by atoms with van der Waals surface area (Å²) < 4.78 is 5.80. The predicted molar refractivity (Wildman–Crippen MR) is 76.4 cm³/mol. The molecular formula is C15H28N2O. The summed E-state index contributed by atoms with van der Waals surface area (Å²) in [5.74, 6) is 1.97. The third-order valence-corrected chi connectivity index (χ3v) is 3.63. The number of unbranched alkanes of at least 4 members (excludes halogenated alkanes) is 1. The number of furan rings is 1. The Kier molecular flexibility index (Phi) is 6.44. The number of nitrogens with two attached hydrogens (primary N) is 1. The first-order valence-corrected chi connectivity index (χ1v) is 7.14. The van der Waals surface area contributed by atoms with Gasteiger partial charge in [0.2, 0.25) is 0 Å². The van der Waals surface area contributed by atoms with Crippen LogP contribution in [0, 0.1) is 6.92 Å². The van der Waals surface area contributed by atoms with Crippen LogP contribution in [0.4, 0.5) is 0 Å². The number of nitrogens with zero attached hydrogens (tertiary/aromatic N) is 1. The quantitative estimate of drug-likeness (QED) is 0.770. The van der Waals surface area contributed by atoms with Crippen LogP contribution >= 0.6 is 0 Å². The van der Waals surface area contributed by atoms with Gasteiger partial charge in [-0.25, -0.2) is 0 Å². The van der Waals surface area contributed by atoms with Gasteiger partial charge in [0, 0.05) is 6.04 Å². The molecule has 1 rings (SSSR count). The van der Waals surface area contributed by atoms with E-state index < -0.39 is 0 Å². The van der Waals surface area contributed by atoms with E-state index in [1.807, 2.05) is 0 Å². The minimum absolute atomic E-state index is 0.490. The normalized spacial score (nSPS) is 13.2. The van der Waals surface area contributed by atoms with E-state index in [0.717, 1.165) is 24.6 Å². The average Bonchev–Trinajstić information content (AvgIpc) is 2.73. The second-order valence-corrected chi connectivity index (χ2v) is 5.10. The van der Waals surface area contributed by atoms with Crippen LogP contribution in [0.3, 0.4) is 0 Å². The molecule has 0 fully saturated rings. The minimum Gasteiger partial charge on any atom is -0.463 e. The molecule has 0 radical (unpaired) electrons. The molecule has 0 saturated heterocycles. The van der Waals surface area contributed by atoms with E-state index in [-0.39, 0.29) is 0 Å². The zero-order valence-electron chi connectivity index (χ0n) is 12.3. The van der Waals surface area contributed by atoms with Crippen molar-refractivity contribution in [3.8, 4) is 0 Å². The van der Waals surface area contributed by atoms with E-state index >= 15 is 0 Å². The molecule has 2 N–H and O–H groups in total. The number of aryl methyl sites for hydroxylation is 1. The van der Waals surface area contributed by atoms with Crippen LogP contribution in [-0.2, 0) is 13.1 Å². The third kappa shape index (κ3) is 4.14. The predicted octanol–water partition coefficient (Wildman–Crippen LogP) is 3.45. The highest BCUT2D eigenvalue weighted by Crippen LogP contribution is 2.18. The smallest absolute Gasteiger partial charge is 0.120 e. The molecule has 3 nitrogen and oxygen atoms in total. The Hall–Kier alpha value is -0.800. The van der Waals surface area contributed by atoms with E-state index in [1.165, 1.54) is 24.8 Å². The highest BCUT2D eigenvalue weighted by molar-refractivity contribution is 5.19. The summed E-state index contributed by atoms with van der Waals surface area (Å²) in [6, 6.07) is 2.73. The van der Waals surface area contributed by atoms with Crippen molar-refractivity contribution in [1.29, 1.82) is 0 Å². The van der Waals surface area contributed by atoms with Crippen LogP contribution in [0.15, 0.2) is 10.5 Å². The molecule has 0 bridgehead atoms. The molecule has 1 heterocycles. The van der Waals surface area contributed by atoms with Crippen molar-refractivity contribution in [1.82, 2.24) is 4.90 Å². The summed E-state index contributed by atoms with van der Waals surface area (Å²) in [5.41, 5.74) is 6.83. The molecule has 1 aromatic heterocycles. The van der Waals surface area contributed by atoms with E-state index in [1.54, 1.807) is 0 Å². The molecule has 0 aliphatic heterocycles. The largest absolute Gasteiger partial charge is 0.463 e. The highest BCUT2D eigenvalue weighted by atomic mass is 16.3. The van der Waals surface area contributed by atoms with Gasteiger partial charge in [0.1, 0.15) is 11.5 Å². The topological polar surface area (TPSA) is 42.4 Å². The number of hydrogen-bond donors (Lipinski definition) is 1. The molecule has 0 spiro atoms. The molecule has 0 aliphatic carbocycles. The van der Waals surface area contributed by atoms with Crippen molar-refractivity contribution >= 4 is 0 Å². The summed E-state index contributed by atoms with van der Waals surface area (Å²) in [6.45, 7) is 11.4. The highest BCUT2D eigenvalue weighted by Gasteiger charge is 2.15. The fraction of sp³-hybridized carbons (Fsp3) is 0.733. The second kappa shape index (κ2) is 7.59. The van der Waals surface area contributed by atoms with Gasteiger partial charge in [-0.15, -0.1) is 0 Å². The first-order chi connectivity index (χ1) is 8.62. The Morgan fingerprint density at radius 3 is 2.61 bits per heavy atom. The van der Waals surface area contributed by atoms with Gasteiger partial charge in [0.25, 0.3) is 0 Å². The molecule has 104 valence electrons. The Morgan fingerprint density at radius 1 is 1.39 bits per heavy atom. The zero-order valence-corrected chi connectivity index (χ0v) is 12.3. The van der Waals surface area contributed by atoms with Crippen LogP contribution in [0.2, 0.25) is 0 Å². The lowest BCUT2D eigenvalue weighted by molar-refractivity contribution is 0.177. The fourth-order valence-corrected chi connectivity index (χ4v) is 2.15. The first kappa shape index (κ1) is 15.3. The molecule has 1 aromatic rings. The van der Waals surface area contributed by atoms with Gasteiger partial charge in [-0.3, -0.25) is 4.90 Å². The molecule has 3 heteroatoms. The molecular weight excluding hydrogens is 224 g/mol. The lowest BCUT2D eigenvalue weighted by atomic mass is 10.2. The van der Waals surface area contributed by atoms with Crippen molar-refractivity contribution in [2.24, 2.45) is 5.73 Å². The summed E-state index contributed by atoms with van der Waals surface area (Å²) in [4.78, 5) is 2.50. The van der Waals surface area contributed by atoms with E-state index in [9.17, 15) is 0 Å². The SMILES string of the molecule is CCCCN(Cc1cc(C)c(CN)o1)C(C)CC. The summed E-state index contributed by atoms with van der Waals surface area (Å²) >= 11 is 0. The standard InChI is InChI=1S/C15H28N2O/c1-5-7-8-17(13(4)6-2)11-14-9-12(3)15(10-16)18-14/h9,13H,5-8,10-11,16H2,1-4H3. The maximum atomic E-state index is 5.80. The van der Waals surface area contributed by atoms with Gasteiger partial charge in [0.05, 0.1) is 13.1 Å². The molecule has 1 atom stereocenters. The van der Waals surface area contributed by atoms with E-state index in [0.29, 0.717) is 12.6 Å². The molecule has 1 unspecified atom stereocenters. The number of rotatable bonds is 8. The van der Waals surface area contributed by atoms with Crippen LogP contribution in [0.5, 0.6) is 0 Å². The van der Waals surface area contributed by atoms with Gasteiger partial charge in [-0.1, -0.05) is 20.3 Å². The maximum Gasteiger partial charge on any atom is 0.120 e. The molecule has 0 aliphatic rings. The van der Waals surface area contributed by atoms with Gasteiger partial charge >= 0.3 is 0 Å². The third-order valence-electron chi connectivity index (χ3n) is 3.63. The van der Waals surface area contributed by atoms with Crippen LogP contribution in [0.1, 0.15) is 57.1 Å². The van der Waals surface area contributed by atoms with E-state index in [4.69, 9.17) is 10.2 Å². The minimum atomic E-state index is 0.490. The Labute approximate surface area is 111 Å². The van der Waals surface area contributed by atoms with Crippen molar-refractivity contribution in [3.05, 3.63) is 23.2 Å². The lowest BCUT2D eigenvalue weighted by Gasteiger charge is -2.27. The molecule has 0 amide bonds. The monoisotopic (exact) mass is 252 g/mol. The lowest BCUT2D eigenvalue weighted by Crippen LogP contribution is -2.32. The van der Waals surface area contributed by atoms with Crippen molar-refractivity contribution in [3.63, 3.8) is 0 Å². The first-order valence-electron chi connectivity index (χ1n) is 7.14. The van der Waals surface area contributed by atoms with Crippen molar-refractivity contribution < 1.29 is 4.42 Å². The maximum absolute atomic E-state index is 5.80. The van der Waals surface area contributed by atoms with Crippen LogP contribution in [0.25, 0.3) is 0 Å².